The van der Waals surface area contributed by atoms with Crippen LogP contribution >= 0.6 is 0 Å². The number of fused-ring (bicyclic) bond motifs is 1. The number of anilines is 2. The monoisotopic (exact) mass is 327 g/mol. The lowest BCUT2D eigenvalue weighted by molar-refractivity contribution is -0.137. The molecule has 128 valence electrons. The van der Waals surface area contributed by atoms with Gasteiger partial charge in [0.15, 0.2) is 0 Å². The van der Waals surface area contributed by atoms with Crippen molar-refractivity contribution >= 4 is 23.2 Å². The van der Waals surface area contributed by atoms with Gasteiger partial charge in [0, 0.05) is 36.9 Å². The summed E-state index contributed by atoms with van der Waals surface area (Å²) < 4.78 is 0. The molecule has 1 N–H and O–H groups in total. The van der Waals surface area contributed by atoms with E-state index in [1.54, 1.807) is 4.90 Å². The minimum absolute atomic E-state index is 0.0394. The third-order valence-corrected chi connectivity index (χ3v) is 5.49. The quantitative estimate of drug-likeness (QED) is 0.924. The smallest absolute Gasteiger partial charge is 0.247 e. The molecule has 24 heavy (non-hydrogen) atoms. The zero-order valence-corrected chi connectivity index (χ0v) is 14.3. The van der Waals surface area contributed by atoms with E-state index < -0.39 is 0 Å². The molecule has 1 unspecified atom stereocenters. The van der Waals surface area contributed by atoms with Gasteiger partial charge in [-0.3, -0.25) is 9.59 Å². The van der Waals surface area contributed by atoms with Crippen molar-refractivity contribution in [2.45, 2.75) is 45.1 Å². The van der Waals surface area contributed by atoms with E-state index in [0.29, 0.717) is 0 Å². The fraction of sp³-hybridized carbons (Fsp3) is 0.579. The van der Waals surface area contributed by atoms with E-state index in [2.05, 4.69) is 29.3 Å². The number of likely N-dealkylation sites (N-methyl/N-ethyl adjacent to an activating group) is 1. The van der Waals surface area contributed by atoms with Gasteiger partial charge in [-0.05, 0) is 56.7 Å². The van der Waals surface area contributed by atoms with E-state index in [1.807, 2.05) is 6.07 Å². The molecule has 5 heteroatoms. The fourth-order valence-corrected chi connectivity index (χ4v) is 3.95. The predicted octanol–water partition coefficient (Wildman–Crippen LogP) is 2.41. The number of benzene rings is 1. The van der Waals surface area contributed by atoms with Crippen LogP contribution in [0.1, 0.15) is 38.2 Å². The second-order valence-electron chi connectivity index (χ2n) is 7.13. The summed E-state index contributed by atoms with van der Waals surface area (Å²) in [4.78, 5) is 29.2. The Balaban J connectivity index is 1.47. The van der Waals surface area contributed by atoms with Crippen LogP contribution in [0.2, 0.25) is 0 Å². The largest absolute Gasteiger partial charge is 0.371 e. The van der Waals surface area contributed by atoms with Gasteiger partial charge in [0.25, 0.3) is 0 Å². The van der Waals surface area contributed by atoms with Crippen molar-refractivity contribution in [3.8, 4) is 0 Å². The van der Waals surface area contributed by atoms with E-state index in [1.165, 1.54) is 11.3 Å². The topological polar surface area (TPSA) is 52.7 Å². The summed E-state index contributed by atoms with van der Waals surface area (Å²) in [6, 6.07) is 5.88. The highest BCUT2D eigenvalue weighted by Gasteiger charge is 2.40. The molecular weight excluding hydrogens is 302 g/mol. The Bertz CT molecular complexity index is 669. The van der Waals surface area contributed by atoms with Gasteiger partial charge in [-0.15, -0.1) is 0 Å². The molecule has 1 atom stereocenters. The molecule has 0 bridgehead atoms. The van der Waals surface area contributed by atoms with Crippen molar-refractivity contribution in [3.63, 3.8) is 0 Å². The minimum Gasteiger partial charge on any atom is -0.371 e. The Labute approximate surface area is 143 Å². The van der Waals surface area contributed by atoms with Crippen LogP contribution in [0.3, 0.4) is 0 Å². The lowest BCUT2D eigenvalue weighted by Gasteiger charge is -2.24. The molecule has 2 amide bonds. The van der Waals surface area contributed by atoms with Crippen molar-refractivity contribution in [2.24, 2.45) is 5.92 Å². The van der Waals surface area contributed by atoms with Gasteiger partial charge in [-0.1, -0.05) is 6.07 Å². The normalized spacial score (nSPS) is 22.6. The second-order valence-corrected chi connectivity index (χ2v) is 7.13. The zero-order chi connectivity index (χ0) is 16.7. The first-order chi connectivity index (χ1) is 11.7. The Morgan fingerprint density at radius 3 is 2.79 bits per heavy atom. The number of carbonyl (C=O) groups excluding carboxylic acids is 2. The summed E-state index contributed by atoms with van der Waals surface area (Å²) in [6.45, 7) is 4.91. The third-order valence-electron chi connectivity index (χ3n) is 5.49. The number of nitrogens with zero attached hydrogens (tertiary/aromatic N) is 2. The molecule has 1 saturated heterocycles. The lowest BCUT2D eigenvalue weighted by atomic mass is 10.1. The number of likely N-dealkylation sites (tertiary alicyclic amines) is 1. The maximum atomic E-state index is 12.7. The van der Waals surface area contributed by atoms with Crippen molar-refractivity contribution in [2.75, 3.05) is 29.9 Å². The molecule has 0 aromatic heterocycles. The molecule has 1 aromatic carbocycles. The Hall–Kier alpha value is -2.04. The highest BCUT2D eigenvalue weighted by atomic mass is 16.2. The molecule has 1 saturated carbocycles. The van der Waals surface area contributed by atoms with E-state index >= 15 is 0 Å². The summed E-state index contributed by atoms with van der Waals surface area (Å²) in [5.74, 6) is 0.317. The Kier molecular flexibility index (Phi) is 3.94. The summed E-state index contributed by atoms with van der Waals surface area (Å²) in [7, 11) is 0. The highest BCUT2D eigenvalue weighted by molar-refractivity contribution is 5.98. The lowest BCUT2D eigenvalue weighted by Crippen LogP contribution is -2.43. The summed E-state index contributed by atoms with van der Waals surface area (Å²) >= 11 is 0. The van der Waals surface area contributed by atoms with E-state index in [-0.39, 0.29) is 23.8 Å². The Morgan fingerprint density at radius 1 is 1.21 bits per heavy atom. The molecule has 3 aliphatic rings. The van der Waals surface area contributed by atoms with Crippen molar-refractivity contribution in [3.05, 3.63) is 23.8 Å². The van der Waals surface area contributed by atoms with Crippen molar-refractivity contribution in [1.29, 1.82) is 0 Å². The van der Waals surface area contributed by atoms with Crippen LogP contribution in [0.15, 0.2) is 18.2 Å². The molecule has 4 rings (SSSR count). The molecule has 2 heterocycles. The average molecular weight is 327 g/mol. The third kappa shape index (κ3) is 2.76. The highest BCUT2D eigenvalue weighted by Crippen LogP contribution is 2.34. The minimum atomic E-state index is -0.298. The van der Waals surface area contributed by atoms with Crippen LogP contribution < -0.4 is 10.2 Å². The van der Waals surface area contributed by atoms with Crippen molar-refractivity contribution in [1.82, 2.24) is 4.90 Å². The Morgan fingerprint density at radius 2 is 2.04 bits per heavy atom. The van der Waals surface area contributed by atoms with Gasteiger partial charge in [-0.2, -0.15) is 0 Å². The van der Waals surface area contributed by atoms with Crippen LogP contribution in [-0.4, -0.2) is 42.4 Å². The maximum absolute atomic E-state index is 12.7. The first-order valence-corrected chi connectivity index (χ1v) is 9.16. The number of nitrogens with one attached hydrogen (secondary N) is 1. The molecule has 1 aliphatic carbocycles. The number of amides is 2. The summed E-state index contributed by atoms with van der Waals surface area (Å²) in [6.07, 6.45) is 4.74. The number of carbonyl (C=O) groups is 2. The van der Waals surface area contributed by atoms with Gasteiger partial charge in [0.05, 0.1) is 0 Å². The van der Waals surface area contributed by atoms with Gasteiger partial charge in [0.1, 0.15) is 6.04 Å². The average Bonchev–Trinajstić information content (AvgIpc) is 3.18. The van der Waals surface area contributed by atoms with Crippen LogP contribution in [0, 0.1) is 5.92 Å². The molecule has 0 radical (unpaired) electrons. The van der Waals surface area contributed by atoms with E-state index in [0.717, 1.165) is 57.4 Å². The zero-order valence-electron chi connectivity index (χ0n) is 14.3. The van der Waals surface area contributed by atoms with Gasteiger partial charge < -0.3 is 15.1 Å². The van der Waals surface area contributed by atoms with Crippen LogP contribution in [-0.2, 0) is 16.0 Å². The van der Waals surface area contributed by atoms with Crippen LogP contribution in [0.4, 0.5) is 11.4 Å². The molecular formula is C19H25N3O2. The number of hydrogen-bond donors (Lipinski definition) is 1. The van der Waals surface area contributed by atoms with E-state index in [9.17, 15) is 9.59 Å². The fourth-order valence-electron chi connectivity index (χ4n) is 3.95. The maximum Gasteiger partial charge on any atom is 0.247 e. The standard InChI is InChI=1S/C19H25N3O2/c1-2-21-11-9-13-7-8-15(12-17(13)21)20-18(23)16-4-3-10-22(16)19(24)14-5-6-14/h7-8,12,14,16H,2-6,9-11H2,1H3,(H,20,23). The van der Waals surface area contributed by atoms with Crippen LogP contribution in [0.5, 0.6) is 0 Å². The summed E-state index contributed by atoms with van der Waals surface area (Å²) in [5.41, 5.74) is 3.42. The SMILES string of the molecule is CCN1CCc2ccc(NC(=O)C3CCCN3C(=O)C3CC3)cc21. The van der Waals surface area contributed by atoms with Crippen molar-refractivity contribution < 1.29 is 9.59 Å². The molecule has 2 aliphatic heterocycles. The molecule has 2 fully saturated rings. The molecule has 0 spiro atoms. The molecule has 5 nitrogen and oxygen atoms in total. The summed E-state index contributed by atoms with van der Waals surface area (Å²) in [5, 5.41) is 3.04. The van der Waals surface area contributed by atoms with Gasteiger partial charge in [-0.25, -0.2) is 0 Å². The van der Waals surface area contributed by atoms with Crippen LogP contribution in [0.25, 0.3) is 0 Å². The first kappa shape index (κ1) is 15.5. The van der Waals surface area contributed by atoms with Gasteiger partial charge in [0.2, 0.25) is 11.8 Å². The van der Waals surface area contributed by atoms with E-state index in [4.69, 9.17) is 0 Å². The molecule has 1 aromatic rings. The predicted molar refractivity (Wildman–Crippen MR) is 94.1 cm³/mol. The number of hydrogen-bond acceptors (Lipinski definition) is 3. The first-order valence-electron chi connectivity index (χ1n) is 9.16. The number of rotatable bonds is 4. The van der Waals surface area contributed by atoms with Gasteiger partial charge >= 0.3 is 0 Å². The second kappa shape index (κ2) is 6.11.